The van der Waals surface area contributed by atoms with Gasteiger partial charge in [0.05, 0.1) is 12.8 Å². The number of carbonyl (C=O) groups is 1. The monoisotopic (exact) mass is 390 g/mol. The molecule has 24 heavy (non-hydrogen) atoms. The van der Waals surface area contributed by atoms with E-state index >= 15 is 0 Å². The predicted octanol–water partition coefficient (Wildman–Crippen LogP) is 3.21. The van der Waals surface area contributed by atoms with Crippen molar-refractivity contribution in [1.29, 1.82) is 0 Å². The van der Waals surface area contributed by atoms with Crippen LogP contribution in [0.4, 0.5) is 16.2 Å². The van der Waals surface area contributed by atoms with Crippen LogP contribution in [0.3, 0.4) is 0 Å². The Labute approximate surface area is 149 Å². The minimum atomic E-state index is -0.110. The zero-order valence-corrected chi connectivity index (χ0v) is 15.0. The van der Waals surface area contributed by atoms with E-state index in [-0.39, 0.29) is 6.03 Å². The van der Waals surface area contributed by atoms with Crippen molar-refractivity contribution >= 4 is 33.3 Å². The minimum absolute atomic E-state index is 0.110. The molecule has 3 rings (SSSR count). The van der Waals surface area contributed by atoms with Gasteiger partial charge in [-0.3, -0.25) is 4.98 Å². The molecule has 1 fully saturated rings. The molecule has 0 aliphatic carbocycles. The largest absolute Gasteiger partial charge is 0.495 e. The molecular formula is C17H19BrN4O2. The second-order valence-corrected chi connectivity index (χ2v) is 6.37. The van der Waals surface area contributed by atoms with Crippen molar-refractivity contribution in [1.82, 2.24) is 9.88 Å². The fourth-order valence-corrected chi connectivity index (χ4v) is 3.06. The van der Waals surface area contributed by atoms with Gasteiger partial charge in [-0.25, -0.2) is 4.79 Å². The van der Waals surface area contributed by atoms with Gasteiger partial charge in [-0.1, -0.05) is 15.9 Å². The normalized spacial score (nSPS) is 14.4. The van der Waals surface area contributed by atoms with Crippen molar-refractivity contribution in [2.24, 2.45) is 0 Å². The van der Waals surface area contributed by atoms with Crippen molar-refractivity contribution in [3.63, 3.8) is 0 Å². The van der Waals surface area contributed by atoms with Gasteiger partial charge in [0.2, 0.25) is 0 Å². The van der Waals surface area contributed by atoms with Gasteiger partial charge in [-0.15, -0.1) is 0 Å². The summed E-state index contributed by atoms with van der Waals surface area (Å²) in [6.07, 6.45) is 3.57. The SMILES string of the molecule is COc1ccc(Br)cc1NC(=O)N1CCN(c2ccncc2)CC1. The molecule has 1 saturated heterocycles. The Bertz CT molecular complexity index is 703. The summed E-state index contributed by atoms with van der Waals surface area (Å²) < 4.78 is 6.19. The number of pyridine rings is 1. The van der Waals surface area contributed by atoms with Crippen molar-refractivity contribution in [2.45, 2.75) is 0 Å². The Balaban J connectivity index is 1.61. The van der Waals surface area contributed by atoms with Crippen LogP contribution in [0.25, 0.3) is 0 Å². The molecule has 2 heterocycles. The first kappa shape index (κ1) is 16.6. The van der Waals surface area contributed by atoms with Gasteiger partial charge in [0.1, 0.15) is 5.75 Å². The highest BCUT2D eigenvalue weighted by Crippen LogP contribution is 2.28. The highest BCUT2D eigenvalue weighted by atomic mass is 79.9. The number of hydrogen-bond acceptors (Lipinski definition) is 4. The molecule has 1 aliphatic heterocycles. The minimum Gasteiger partial charge on any atom is -0.495 e. The Morgan fingerprint density at radius 2 is 1.88 bits per heavy atom. The molecule has 126 valence electrons. The Morgan fingerprint density at radius 1 is 1.17 bits per heavy atom. The van der Waals surface area contributed by atoms with E-state index in [4.69, 9.17) is 4.74 Å². The zero-order valence-electron chi connectivity index (χ0n) is 13.4. The predicted molar refractivity (Wildman–Crippen MR) is 97.7 cm³/mol. The molecule has 1 aromatic heterocycles. The van der Waals surface area contributed by atoms with Crippen LogP contribution in [0, 0.1) is 0 Å². The average molecular weight is 391 g/mol. The molecule has 0 unspecified atom stereocenters. The van der Waals surface area contributed by atoms with E-state index in [0.717, 1.165) is 23.2 Å². The first-order valence-corrected chi connectivity index (χ1v) is 8.51. The maximum Gasteiger partial charge on any atom is 0.322 e. The summed E-state index contributed by atoms with van der Waals surface area (Å²) in [5.74, 6) is 0.641. The maximum atomic E-state index is 12.5. The Kier molecular flexibility index (Phi) is 5.20. The molecule has 6 nitrogen and oxygen atoms in total. The Morgan fingerprint density at radius 3 is 2.54 bits per heavy atom. The molecule has 0 saturated carbocycles. The van der Waals surface area contributed by atoms with E-state index in [1.165, 1.54) is 0 Å². The van der Waals surface area contributed by atoms with Crippen LogP contribution in [0.5, 0.6) is 5.75 Å². The Hall–Kier alpha value is -2.28. The topological polar surface area (TPSA) is 57.7 Å². The first-order valence-electron chi connectivity index (χ1n) is 7.72. The fourth-order valence-electron chi connectivity index (χ4n) is 2.69. The highest BCUT2D eigenvalue weighted by molar-refractivity contribution is 9.10. The number of carbonyl (C=O) groups excluding carboxylic acids is 1. The highest BCUT2D eigenvalue weighted by Gasteiger charge is 2.22. The molecular weight excluding hydrogens is 372 g/mol. The number of methoxy groups -OCH3 is 1. The van der Waals surface area contributed by atoms with Crippen LogP contribution in [0.1, 0.15) is 0 Å². The number of rotatable bonds is 3. The number of benzene rings is 1. The summed E-state index contributed by atoms with van der Waals surface area (Å²) in [7, 11) is 1.59. The van der Waals surface area contributed by atoms with Crippen LogP contribution in [-0.4, -0.2) is 49.2 Å². The third-order valence-electron chi connectivity index (χ3n) is 4.00. The number of amides is 2. The van der Waals surface area contributed by atoms with E-state index < -0.39 is 0 Å². The number of aromatic nitrogens is 1. The van der Waals surface area contributed by atoms with Gasteiger partial charge >= 0.3 is 6.03 Å². The molecule has 1 aliphatic rings. The maximum absolute atomic E-state index is 12.5. The number of halogens is 1. The summed E-state index contributed by atoms with van der Waals surface area (Å²) in [5.41, 5.74) is 1.80. The van der Waals surface area contributed by atoms with Gasteiger partial charge < -0.3 is 19.9 Å². The molecule has 0 spiro atoms. The average Bonchev–Trinajstić information content (AvgIpc) is 2.63. The third-order valence-corrected chi connectivity index (χ3v) is 4.49. The number of urea groups is 1. The van der Waals surface area contributed by atoms with Crippen LogP contribution in [-0.2, 0) is 0 Å². The van der Waals surface area contributed by atoms with Crippen LogP contribution < -0.4 is 15.0 Å². The van der Waals surface area contributed by atoms with E-state index in [1.807, 2.05) is 35.2 Å². The summed E-state index contributed by atoms with van der Waals surface area (Å²) in [4.78, 5) is 20.6. The standard InChI is InChI=1S/C17H19BrN4O2/c1-24-16-3-2-13(18)12-15(16)20-17(23)22-10-8-21(9-11-22)14-4-6-19-7-5-14/h2-7,12H,8-11H2,1H3,(H,20,23). The molecule has 2 aromatic rings. The van der Waals surface area contributed by atoms with Crippen LogP contribution >= 0.6 is 15.9 Å². The summed E-state index contributed by atoms with van der Waals surface area (Å²) >= 11 is 3.41. The smallest absolute Gasteiger partial charge is 0.322 e. The van der Waals surface area contributed by atoms with Gasteiger partial charge in [-0.2, -0.15) is 0 Å². The number of hydrogen-bond donors (Lipinski definition) is 1. The number of nitrogens with zero attached hydrogens (tertiary/aromatic N) is 3. The lowest BCUT2D eigenvalue weighted by atomic mass is 10.2. The van der Waals surface area contributed by atoms with Crippen molar-refractivity contribution in [3.8, 4) is 5.75 Å². The molecule has 0 radical (unpaired) electrons. The number of piperazine rings is 1. The lowest BCUT2D eigenvalue weighted by molar-refractivity contribution is 0.208. The first-order chi connectivity index (χ1) is 11.7. The molecule has 1 N–H and O–H groups in total. The summed E-state index contributed by atoms with van der Waals surface area (Å²) in [5, 5.41) is 2.93. The lowest BCUT2D eigenvalue weighted by Gasteiger charge is -2.36. The van der Waals surface area contributed by atoms with Gasteiger partial charge in [0, 0.05) is 48.7 Å². The summed E-state index contributed by atoms with van der Waals surface area (Å²) in [6.45, 7) is 2.94. The number of anilines is 2. The van der Waals surface area contributed by atoms with Crippen molar-refractivity contribution in [3.05, 3.63) is 47.2 Å². The summed E-state index contributed by atoms with van der Waals surface area (Å²) in [6, 6.07) is 9.40. The number of nitrogens with one attached hydrogen (secondary N) is 1. The van der Waals surface area contributed by atoms with Crippen LogP contribution in [0.15, 0.2) is 47.2 Å². The van der Waals surface area contributed by atoms with Gasteiger partial charge in [0.15, 0.2) is 0 Å². The van der Waals surface area contributed by atoms with E-state index in [2.05, 4.69) is 31.1 Å². The van der Waals surface area contributed by atoms with Gasteiger partial charge in [-0.05, 0) is 30.3 Å². The van der Waals surface area contributed by atoms with E-state index in [1.54, 1.807) is 19.5 Å². The quantitative estimate of drug-likeness (QED) is 0.873. The van der Waals surface area contributed by atoms with E-state index in [0.29, 0.717) is 24.5 Å². The molecule has 2 amide bonds. The lowest BCUT2D eigenvalue weighted by Crippen LogP contribution is -2.50. The van der Waals surface area contributed by atoms with Crippen molar-refractivity contribution < 1.29 is 9.53 Å². The third kappa shape index (κ3) is 3.79. The number of ether oxygens (including phenoxy) is 1. The second kappa shape index (κ2) is 7.53. The zero-order chi connectivity index (χ0) is 16.9. The fraction of sp³-hybridized carbons (Fsp3) is 0.294. The second-order valence-electron chi connectivity index (χ2n) is 5.45. The van der Waals surface area contributed by atoms with Crippen molar-refractivity contribution in [2.75, 3.05) is 43.5 Å². The molecule has 7 heteroatoms. The molecule has 0 atom stereocenters. The molecule has 1 aromatic carbocycles. The van der Waals surface area contributed by atoms with Gasteiger partial charge in [0.25, 0.3) is 0 Å². The van der Waals surface area contributed by atoms with E-state index in [9.17, 15) is 4.79 Å². The van der Waals surface area contributed by atoms with Crippen LogP contribution in [0.2, 0.25) is 0 Å². The molecule has 0 bridgehead atoms.